The maximum atomic E-state index is 13.1. The molecule has 1 aliphatic rings. The lowest BCUT2D eigenvalue weighted by Gasteiger charge is -2.08. The van der Waals surface area contributed by atoms with Gasteiger partial charge in [0.05, 0.1) is 13.2 Å². The van der Waals surface area contributed by atoms with Gasteiger partial charge in [-0.15, -0.1) is 0 Å². The van der Waals surface area contributed by atoms with Gasteiger partial charge < -0.3 is 14.2 Å². The highest BCUT2D eigenvalue weighted by Gasteiger charge is 2.24. The highest BCUT2D eigenvalue weighted by Crippen LogP contribution is 2.22. The highest BCUT2D eigenvalue weighted by molar-refractivity contribution is 6.12. The lowest BCUT2D eigenvalue weighted by molar-refractivity contribution is -0.129. The van der Waals surface area contributed by atoms with E-state index >= 15 is 0 Å². The van der Waals surface area contributed by atoms with Gasteiger partial charge in [-0.2, -0.15) is 0 Å². The summed E-state index contributed by atoms with van der Waals surface area (Å²) in [6, 6.07) is 20.9. The molecular formula is C26H22FNO4. The second-order valence-corrected chi connectivity index (χ2v) is 7.28. The van der Waals surface area contributed by atoms with E-state index in [1.165, 1.54) is 29.8 Å². The topological polar surface area (TPSA) is 57.1 Å². The number of esters is 1. The molecule has 0 aliphatic carbocycles. The van der Waals surface area contributed by atoms with Crippen LogP contribution in [-0.2, 0) is 9.53 Å². The molecule has 0 saturated carbocycles. The quantitative estimate of drug-likeness (QED) is 0.275. The molecule has 5 nitrogen and oxygen atoms in total. The Morgan fingerprint density at radius 2 is 1.66 bits per heavy atom. The van der Waals surface area contributed by atoms with Gasteiger partial charge in [-0.3, -0.25) is 0 Å². The maximum Gasteiger partial charge on any atom is 0.363 e. The predicted molar refractivity (Wildman–Crippen MR) is 120 cm³/mol. The number of cyclic esters (lactones) is 1. The molecule has 0 N–H and O–H groups in total. The SMILES string of the molecule is Cc1ccc(OCCCOc2cccc(/C=C3/N=C(c4ccc(F)cc4)OC3=O)c2)cc1. The fourth-order valence-electron chi connectivity index (χ4n) is 3.05. The first-order chi connectivity index (χ1) is 15.6. The molecule has 0 aromatic heterocycles. The van der Waals surface area contributed by atoms with Gasteiger partial charge in [0, 0.05) is 12.0 Å². The molecule has 3 aromatic rings. The molecule has 162 valence electrons. The normalized spacial score (nSPS) is 14.2. The fraction of sp³-hybridized carbons (Fsp3) is 0.154. The smallest absolute Gasteiger partial charge is 0.363 e. The van der Waals surface area contributed by atoms with Gasteiger partial charge in [0.2, 0.25) is 5.90 Å². The van der Waals surface area contributed by atoms with Crippen LogP contribution in [0.4, 0.5) is 4.39 Å². The number of nitrogens with zero attached hydrogens (tertiary/aromatic N) is 1. The van der Waals surface area contributed by atoms with Gasteiger partial charge in [0.15, 0.2) is 5.70 Å². The van der Waals surface area contributed by atoms with E-state index in [1.54, 1.807) is 6.08 Å². The number of benzene rings is 3. The van der Waals surface area contributed by atoms with Crippen molar-refractivity contribution < 1.29 is 23.4 Å². The summed E-state index contributed by atoms with van der Waals surface area (Å²) >= 11 is 0. The third-order valence-electron chi connectivity index (χ3n) is 4.72. The second-order valence-electron chi connectivity index (χ2n) is 7.28. The first kappa shape index (κ1) is 21.3. The molecule has 32 heavy (non-hydrogen) atoms. The van der Waals surface area contributed by atoms with E-state index in [-0.39, 0.29) is 17.4 Å². The van der Waals surface area contributed by atoms with Gasteiger partial charge in [0.25, 0.3) is 0 Å². The minimum Gasteiger partial charge on any atom is -0.493 e. The van der Waals surface area contributed by atoms with Gasteiger partial charge in [0.1, 0.15) is 17.3 Å². The molecule has 4 rings (SSSR count). The van der Waals surface area contributed by atoms with Crippen LogP contribution in [0.5, 0.6) is 11.5 Å². The van der Waals surface area contributed by atoms with E-state index in [0.29, 0.717) is 24.5 Å². The number of ether oxygens (including phenoxy) is 3. The summed E-state index contributed by atoms with van der Waals surface area (Å²) < 4.78 is 29.8. The first-order valence-electron chi connectivity index (χ1n) is 10.3. The number of hydrogen-bond donors (Lipinski definition) is 0. The monoisotopic (exact) mass is 431 g/mol. The van der Waals surface area contributed by atoms with E-state index in [4.69, 9.17) is 14.2 Å². The number of aliphatic imine (C=N–C) groups is 1. The van der Waals surface area contributed by atoms with Crippen LogP contribution in [0.15, 0.2) is 83.5 Å². The maximum absolute atomic E-state index is 13.1. The van der Waals surface area contributed by atoms with Crippen molar-refractivity contribution in [3.8, 4) is 11.5 Å². The molecule has 0 bridgehead atoms. The van der Waals surface area contributed by atoms with Crippen LogP contribution >= 0.6 is 0 Å². The second kappa shape index (κ2) is 9.92. The van der Waals surface area contributed by atoms with Crippen molar-refractivity contribution in [3.63, 3.8) is 0 Å². The van der Waals surface area contributed by atoms with Crippen molar-refractivity contribution >= 4 is 17.9 Å². The van der Waals surface area contributed by atoms with Crippen molar-refractivity contribution in [2.75, 3.05) is 13.2 Å². The third kappa shape index (κ3) is 5.60. The molecule has 1 aliphatic heterocycles. The van der Waals surface area contributed by atoms with Crippen LogP contribution in [0.3, 0.4) is 0 Å². The van der Waals surface area contributed by atoms with Gasteiger partial charge in [-0.05, 0) is 67.1 Å². The first-order valence-corrected chi connectivity index (χ1v) is 10.3. The van der Waals surface area contributed by atoms with E-state index in [1.807, 2.05) is 55.5 Å². The third-order valence-corrected chi connectivity index (χ3v) is 4.72. The lowest BCUT2D eigenvalue weighted by Crippen LogP contribution is -2.05. The van der Waals surface area contributed by atoms with Crippen molar-refractivity contribution in [1.29, 1.82) is 0 Å². The summed E-state index contributed by atoms with van der Waals surface area (Å²) in [5, 5.41) is 0. The van der Waals surface area contributed by atoms with Gasteiger partial charge in [-0.25, -0.2) is 14.2 Å². The Morgan fingerprint density at radius 1 is 0.938 bits per heavy atom. The number of hydrogen-bond acceptors (Lipinski definition) is 5. The summed E-state index contributed by atoms with van der Waals surface area (Å²) in [5.41, 5.74) is 2.66. The van der Waals surface area contributed by atoms with Gasteiger partial charge in [-0.1, -0.05) is 29.8 Å². The van der Waals surface area contributed by atoms with Crippen LogP contribution in [0, 0.1) is 12.7 Å². The Balaban J connectivity index is 1.33. The molecule has 1 heterocycles. The molecule has 0 amide bonds. The van der Waals surface area contributed by atoms with Crippen LogP contribution in [0.1, 0.15) is 23.1 Å². The Labute approximate surface area is 185 Å². The van der Waals surface area contributed by atoms with Crippen molar-refractivity contribution in [2.45, 2.75) is 13.3 Å². The summed E-state index contributed by atoms with van der Waals surface area (Å²) in [6.07, 6.45) is 2.36. The largest absolute Gasteiger partial charge is 0.493 e. The Morgan fingerprint density at radius 3 is 2.41 bits per heavy atom. The minimum atomic E-state index is -0.552. The zero-order valence-electron chi connectivity index (χ0n) is 17.6. The zero-order valence-corrected chi connectivity index (χ0v) is 17.6. The summed E-state index contributed by atoms with van der Waals surface area (Å²) in [4.78, 5) is 16.4. The van der Waals surface area contributed by atoms with E-state index in [2.05, 4.69) is 4.99 Å². The average Bonchev–Trinajstić information content (AvgIpc) is 3.15. The number of halogens is 1. The molecule has 0 radical (unpaired) electrons. The standard InChI is InChI=1S/C26H22FNO4/c1-18-6-12-22(13-7-18)30-14-3-15-31-23-5-2-4-19(16-23)17-24-26(29)32-25(28-24)20-8-10-21(27)11-9-20/h2,4-13,16-17H,3,14-15H2,1H3/b24-17+. The summed E-state index contributed by atoms with van der Waals surface area (Å²) in [5.74, 6) is 0.760. The molecule has 0 fully saturated rings. The van der Waals surface area contributed by atoms with Crippen molar-refractivity contribution in [1.82, 2.24) is 0 Å². The Hall–Kier alpha value is -3.93. The van der Waals surface area contributed by atoms with Crippen LogP contribution in [-0.4, -0.2) is 25.1 Å². The fourth-order valence-corrected chi connectivity index (χ4v) is 3.05. The molecule has 0 saturated heterocycles. The van der Waals surface area contributed by atoms with E-state index in [9.17, 15) is 9.18 Å². The predicted octanol–water partition coefficient (Wildman–Crippen LogP) is 5.33. The number of carbonyl (C=O) groups excluding carboxylic acids is 1. The van der Waals surface area contributed by atoms with Crippen LogP contribution in [0.25, 0.3) is 6.08 Å². The van der Waals surface area contributed by atoms with E-state index in [0.717, 1.165) is 17.7 Å². The molecule has 0 spiro atoms. The molecule has 6 heteroatoms. The highest BCUT2D eigenvalue weighted by atomic mass is 19.1. The molecule has 0 atom stereocenters. The number of aryl methyl sites for hydroxylation is 1. The molecule has 3 aromatic carbocycles. The van der Waals surface area contributed by atoms with Crippen molar-refractivity contribution in [3.05, 3.63) is 101 Å². The Bertz CT molecular complexity index is 1150. The zero-order chi connectivity index (χ0) is 22.3. The van der Waals surface area contributed by atoms with Crippen LogP contribution < -0.4 is 9.47 Å². The average molecular weight is 431 g/mol. The molecular weight excluding hydrogens is 409 g/mol. The summed E-state index contributed by atoms with van der Waals surface area (Å²) in [6.45, 7) is 3.09. The minimum absolute atomic E-state index is 0.155. The van der Waals surface area contributed by atoms with Crippen molar-refractivity contribution in [2.24, 2.45) is 4.99 Å². The molecule has 0 unspecified atom stereocenters. The summed E-state index contributed by atoms with van der Waals surface area (Å²) in [7, 11) is 0. The lowest BCUT2D eigenvalue weighted by atomic mass is 10.2. The van der Waals surface area contributed by atoms with E-state index < -0.39 is 5.97 Å². The number of carbonyl (C=O) groups is 1. The van der Waals surface area contributed by atoms with Crippen LogP contribution in [0.2, 0.25) is 0 Å². The van der Waals surface area contributed by atoms with Gasteiger partial charge >= 0.3 is 5.97 Å². The number of rotatable bonds is 8. The Kier molecular flexibility index (Phi) is 6.60.